The summed E-state index contributed by atoms with van der Waals surface area (Å²) < 4.78 is 5.27. The molecule has 0 unspecified atom stereocenters. The summed E-state index contributed by atoms with van der Waals surface area (Å²) in [6, 6.07) is 12.2. The minimum Gasteiger partial charge on any atom is -0.507 e. The molecule has 2 aromatic carbocycles. The van der Waals surface area contributed by atoms with Gasteiger partial charge in [-0.05, 0) is 54.5 Å². The largest absolute Gasteiger partial charge is 0.507 e. The molecule has 0 saturated heterocycles. The van der Waals surface area contributed by atoms with Gasteiger partial charge in [-0.2, -0.15) is 0 Å². The van der Waals surface area contributed by atoms with Crippen LogP contribution >= 0.6 is 12.4 Å². The molecule has 1 aliphatic carbocycles. The number of ether oxygens (including phenoxy) is 1. The van der Waals surface area contributed by atoms with Crippen molar-refractivity contribution in [3.63, 3.8) is 0 Å². The zero-order valence-electron chi connectivity index (χ0n) is 17.8. The molecule has 0 aliphatic heterocycles. The molecule has 0 heterocycles. The quantitative estimate of drug-likeness (QED) is 0.623. The van der Waals surface area contributed by atoms with Crippen molar-refractivity contribution in [3.05, 3.63) is 47.5 Å². The second-order valence-electron chi connectivity index (χ2n) is 9.13. The second-order valence-corrected chi connectivity index (χ2v) is 9.13. The van der Waals surface area contributed by atoms with Gasteiger partial charge in [-0.3, -0.25) is 0 Å². The summed E-state index contributed by atoms with van der Waals surface area (Å²) in [5, 5.41) is 14.8. The van der Waals surface area contributed by atoms with E-state index in [4.69, 9.17) is 4.74 Å². The fraction of sp³-hybridized carbons (Fsp3) is 0.500. The smallest absolute Gasteiger partial charge is 0.127 e. The lowest BCUT2D eigenvalue weighted by atomic mass is 9.83. The normalized spacial score (nSPS) is 15.9. The van der Waals surface area contributed by atoms with Crippen molar-refractivity contribution < 1.29 is 9.84 Å². The average molecular weight is 404 g/mol. The number of aromatic hydroxyl groups is 1. The molecule has 4 heteroatoms. The van der Waals surface area contributed by atoms with Crippen LogP contribution in [0.4, 0.5) is 0 Å². The molecule has 0 atom stereocenters. The predicted molar refractivity (Wildman–Crippen MR) is 120 cm³/mol. The van der Waals surface area contributed by atoms with Gasteiger partial charge in [0.05, 0.1) is 7.11 Å². The summed E-state index contributed by atoms with van der Waals surface area (Å²) in [6.45, 7) is 9.64. The monoisotopic (exact) mass is 403 g/mol. The third-order valence-corrected chi connectivity index (χ3v) is 5.87. The van der Waals surface area contributed by atoms with Crippen molar-refractivity contribution in [2.75, 3.05) is 7.11 Å². The molecule has 0 spiro atoms. The number of hydrogen-bond donors (Lipinski definition) is 2. The minimum absolute atomic E-state index is 0. The molecule has 0 bridgehead atoms. The highest BCUT2D eigenvalue weighted by atomic mass is 35.5. The predicted octanol–water partition coefficient (Wildman–Crippen LogP) is 6.21. The topological polar surface area (TPSA) is 41.5 Å². The van der Waals surface area contributed by atoms with E-state index in [2.05, 4.69) is 45.1 Å². The van der Waals surface area contributed by atoms with Gasteiger partial charge < -0.3 is 15.2 Å². The van der Waals surface area contributed by atoms with Gasteiger partial charge in [0.15, 0.2) is 0 Å². The van der Waals surface area contributed by atoms with E-state index in [1.54, 1.807) is 7.11 Å². The maximum absolute atomic E-state index is 11.0. The fourth-order valence-electron chi connectivity index (χ4n) is 3.89. The molecular weight excluding hydrogens is 370 g/mol. The molecule has 2 N–H and O–H groups in total. The number of methoxy groups -OCH3 is 1. The van der Waals surface area contributed by atoms with Crippen molar-refractivity contribution in [2.24, 2.45) is 0 Å². The number of benzene rings is 2. The van der Waals surface area contributed by atoms with Crippen LogP contribution in [0.2, 0.25) is 0 Å². The molecule has 0 aromatic heterocycles. The Labute approximate surface area is 175 Å². The fourth-order valence-corrected chi connectivity index (χ4v) is 3.89. The van der Waals surface area contributed by atoms with Crippen LogP contribution in [-0.2, 0) is 12.0 Å². The van der Waals surface area contributed by atoms with Crippen LogP contribution in [-0.4, -0.2) is 17.8 Å². The Morgan fingerprint density at radius 3 is 2.21 bits per heavy atom. The number of nitrogens with one attached hydrogen (secondary N) is 1. The van der Waals surface area contributed by atoms with Crippen LogP contribution in [0, 0.1) is 0 Å². The van der Waals surface area contributed by atoms with E-state index in [0.29, 0.717) is 12.3 Å². The highest BCUT2D eigenvalue weighted by Crippen LogP contribution is 2.38. The van der Waals surface area contributed by atoms with Crippen molar-refractivity contribution in [1.29, 1.82) is 0 Å². The zero-order chi connectivity index (χ0) is 19.7. The molecule has 1 fully saturated rings. The Morgan fingerprint density at radius 1 is 1.07 bits per heavy atom. The number of phenols is 1. The molecule has 2 aromatic rings. The molecule has 0 radical (unpaired) electrons. The van der Waals surface area contributed by atoms with Gasteiger partial charge in [-0.25, -0.2) is 0 Å². The Bertz CT molecular complexity index is 787. The Balaban J connectivity index is 0.00000280. The van der Waals surface area contributed by atoms with E-state index < -0.39 is 0 Å². The number of hydrogen-bond acceptors (Lipinski definition) is 3. The molecule has 3 rings (SSSR count). The van der Waals surface area contributed by atoms with E-state index in [1.807, 2.05) is 24.3 Å². The van der Waals surface area contributed by atoms with Gasteiger partial charge in [-0.1, -0.05) is 51.8 Å². The first-order valence-corrected chi connectivity index (χ1v) is 9.98. The van der Waals surface area contributed by atoms with E-state index in [-0.39, 0.29) is 23.4 Å². The average Bonchev–Trinajstić information content (AvgIpc) is 3.07. The summed E-state index contributed by atoms with van der Waals surface area (Å²) in [4.78, 5) is 0. The number of rotatable bonds is 5. The van der Waals surface area contributed by atoms with Crippen LogP contribution in [0.3, 0.4) is 0 Å². The molecular formula is C24H34ClNO2. The highest BCUT2D eigenvalue weighted by molar-refractivity contribution is 5.85. The Morgan fingerprint density at radius 2 is 1.68 bits per heavy atom. The Kier molecular flexibility index (Phi) is 7.06. The molecule has 1 saturated carbocycles. The second kappa shape index (κ2) is 8.75. The third kappa shape index (κ3) is 5.01. The molecule has 28 heavy (non-hydrogen) atoms. The summed E-state index contributed by atoms with van der Waals surface area (Å²) in [5.41, 5.74) is 4.30. The van der Waals surface area contributed by atoms with Crippen molar-refractivity contribution >= 4 is 12.4 Å². The minimum atomic E-state index is 0. The zero-order valence-corrected chi connectivity index (χ0v) is 18.6. The van der Waals surface area contributed by atoms with Gasteiger partial charge in [0.25, 0.3) is 0 Å². The van der Waals surface area contributed by atoms with Crippen molar-refractivity contribution in [2.45, 2.75) is 70.9 Å². The maximum atomic E-state index is 11.0. The maximum Gasteiger partial charge on any atom is 0.127 e. The van der Waals surface area contributed by atoms with Crippen LogP contribution in [0.15, 0.2) is 36.4 Å². The van der Waals surface area contributed by atoms with E-state index in [9.17, 15) is 5.11 Å². The standard InChI is InChI=1S/C24H33NO2.ClH/c1-23(2,3)19-14-18(16-25-24(4)12-6-7-13-24)22(26)21(15-19)17-8-10-20(27-5)11-9-17;/h8-11,14-15,25-26H,6-7,12-13,16H2,1-5H3;1H. The molecule has 154 valence electrons. The van der Waals surface area contributed by atoms with Crippen molar-refractivity contribution in [3.8, 4) is 22.6 Å². The van der Waals surface area contributed by atoms with Crippen LogP contribution < -0.4 is 10.1 Å². The first-order chi connectivity index (χ1) is 12.7. The van der Waals surface area contributed by atoms with Crippen LogP contribution in [0.25, 0.3) is 11.1 Å². The SMILES string of the molecule is COc1ccc(-c2cc(C(C)(C)C)cc(CNC3(C)CCCC3)c2O)cc1.Cl. The van der Waals surface area contributed by atoms with Gasteiger partial charge in [0.2, 0.25) is 0 Å². The lowest BCUT2D eigenvalue weighted by molar-refractivity contribution is 0.358. The summed E-state index contributed by atoms with van der Waals surface area (Å²) in [7, 11) is 1.67. The number of phenolic OH excluding ortho intramolecular Hbond substituents is 1. The number of halogens is 1. The van der Waals surface area contributed by atoms with E-state index in [1.165, 1.54) is 31.2 Å². The summed E-state index contributed by atoms with van der Waals surface area (Å²) in [6.07, 6.45) is 4.99. The third-order valence-electron chi connectivity index (χ3n) is 5.87. The first kappa shape index (κ1) is 22.6. The summed E-state index contributed by atoms with van der Waals surface area (Å²) >= 11 is 0. The molecule has 0 amide bonds. The Hall–Kier alpha value is -1.71. The van der Waals surface area contributed by atoms with Gasteiger partial charge >= 0.3 is 0 Å². The van der Waals surface area contributed by atoms with Crippen LogP contribution in [0.5, 0.6) is 11.5 Å². The van der Waals surface area contributed by atoms with Crippen molar-refractivity contribution in [1.82, 2.24) is 5.32 Å². The van der Waals surface area contributed by atoms with Gasteiger partial charge in [0, 0.05) is 23.2 Å². The lowest BCUT2D eigenvalue weighted by Crippen LogP contribution is -2.38. The van der Waals surface area contributed by atoms with Gasteiger partial charge in [-0.15, -0.1) is 12.4 Å². The van der Waals surface area contributed by atoms with E-state index in [0.717, 1.165) is 22.4 Å². The highest BCUT2D eigenvalue weighted by Gasteiger charge is 2.28. The molecule has 1 aliphatic rings. The summed E-state index contributed by atoms with van der Waals surface area (Å²) in [5.74, 6) is 1.20. The molecule has 3 nitrogen and oxygen atoms in total. The van der Waals surface area contributed by atoms with Gasteiger partial charge in [0.1, 0.15) is 11.5 Å². The van der Waals surface area contributed by atoms with E-state index >= 15 is 0 Å². The first-order valence-electron chi connectivity index (χ1n) is 9.98. The van der Waals surface area contributed by atoms with Crippen LogP contribution in [0.1, 0.15) is 64.5 Å². The lowest BCUT2D eigenvalue weighted by Gasteiger charge is -2.27.